The molecule has 4 aromatic rings. The lowest BCUT2D eigenvalue weighted by Crippen LogP contribution is -2.20. The van der Waals surface area contributed by atoms with Gasteiger partial charge in [0.1, 0.15) is 12.1 Å². The maximum atomic E-state index is 9.94. The molecule has 2 aromatic heterocycles. The summed E-state index contributed by atoms with van der Waals surface area (Å²) in [5, 5.41) is 37.0. The van der Waals surface area contributed by atoms with Crippen LogP contribution in [0.4, 0.5) is 11.4 Å². The molecule has 204 valence electrons. The largest absolute Gasteiger partial charge is 0.480 e. The molecule has 5 rings (SSSR count). The Morgan fingerprint density at radius 2 is 1.93 bits per heavy atom. The summed E-state index contributed by atoms with van der Waals surface area (Å²) >= 11 is 6.72. The van der Waals surface area contributed by atoms with Crippen molar-refractivity contribution in [3.8, 4) is 18.0 Å². The fourth-order valence-electron chi connectivity index (χ4n) is 4.67. The number of nitriles is 2. The van der Waals surface area contributed by atoms with E-state index in [2.05, 4.69) is 65.8 Å². The van der Waals surface area contributed by atoms with E-state index in [1.807, 2.05) is 28.9 Å². The van der Waals surface area contributed by atoms with Gasteiger partial charge in [0.2, 0.25) is 5.88 Å². The van der Waals surface area contributed by atoms with E-state index in [4.69, 9.17) is 16.3 Å². The van der Waals surface area contributed by atoms with Crippen LogP contribution in [0.25, 0.3) is 10.9 Å². The highest BCUT2D eigenvalue weighted by molar-refractivity contribution is 6.31. The molecule has 10 heteroatoms. The third-order valence-corrected chi connectivity index (χ3v) is 7.48. The zero-order chi connectivity index (χ0) is 28.7. The molecule has 0 bridgehead atoms. The Labute approximate surface area is 238 Å². The zero-order valence-electron chi connectivity index (χ0n) is 23.2. The molecule has 0 unspecified atom stereocenters. The zero-order valence-corrected chi connectivity index (χ0v) is 24.0. The van der Waals surface area contributed by atoms with Gasteiger partial charge in [-0.1, -0.05) is 55.8 Å². The van der Waals surface area contributed by atoms with Gasteiger partial charge in [-0.25, -0.2) is 4.68 Å². The summed E-state index contributed by atoms with van der Waals surface area (Å²) < 4.78 is 7.69. The molecule has 2 aromatic carbocycles. The third-order valence-electron chi connectivity index (χ3n) is 7.14. The van der Waals surface area contributed by atoms with Gasteiger partial charge in [0.15, 0.2) is 5.69 Å². The SMILES string of the molecule is COc1c([C@@H](Nc2cc(C#N)cc3c(NCC(C)(C)C)c(C#N)cnc23)c2ccccc2Cl)nnn1C1(C)CC1. The van der Waals surface area contributed by atoms with Crippen LogP contribution in [-0.2, 0) is 5.54 Å². The number of benzene rings is 2. The molecule has 0 radical (unpaired) electrons. The molecule has 1 aliphatic rings. The van der Waals surface area contributed by atoms with Gasteiger partial charge in [-0.15, -0.1) is 5.10 Å². The number of nitrogens with zero attached hydrogens (tertiary/aromatic N) is 6. The Hall–Kier alpha value is -4.34. The van der Waals surface area contributed by atoms with Crippen molar-refractivity contribution < 1.29 is 4.74 Å². The predicted octanol–water partition coefficient (Wildman–Crippen LogP) is 6.40. The van der Waals surface area contributed by atoms with Crippen LogP contribution in [0.1, 0.15) is 69.0 Å². The summed E-state index contributed by atoms with van der Waals surface area (Å²) in [6.45, 7) is 9.08. The summed E-state index contributed by atoms with van der Waals surface area (Å²) in [5.41, 5.74) is 3.83. The molecular formula is C30H31ClN8O. The van der Waals surface area contributed by atoms with Crippen molar-refractivity contribution in [1.29, 1.82) is 10.5 Å². The number of fused-ring (bicyclic) bond motifs is 1. The van der Waals surface area contributed by atoms with Gasteiger partial charge in [-0.2, -0.15) is 10.5 Å². The topological polar surface area (TPSA) is 124 Å². The standard InChI is InChI=1S/C30H31ClN8O/c1-29(2,3)17-35-24-19(15-33)16-34-25-21(24)12-18(14-32)13-23(25)36-26(20-8-6-7-9-22(20)31)27-28(40-5)39(38-37-27)30(4)10-11-30/h6-9,12-13,16,26,36H,10-11,17H2,1-5H3,(H,34,35)/t26-/m0/s1. The number of nitrogens with one attached hydrogen (secondary N) is 2. The first-order valence-corrected chi connectivity index (χ1v) is 13.5. The molecule has 0 amide bonds. The van der Waals surface area contributed by atoms with Gasteiger partial charge in [-0.05, 0) is 48.9 Å². The first-order valence-electron chi connectivity index (χ1n) is 13.1. The van der Waals surface area contributed by atoms with Crippen molar-refractivity contribution in [1.82, 2.24) is 20.0 Å². The molecule has 40 heavy (non-hydrogen) atoms. The van der Waals surface area contributed by atoms with Crippen molar-refractivity contribution >= 4 is 33.9 Å². The van der Waals surface area contributed by atoms with Crippen LogP contribution in [0.3, 0.4) is 0 Å². The van der Waals surface area contributed by atoms with Crippen LogP contribution >= 0.6 is 11.6 Å². The Bertz CT molecular complexity index is 1670. The summed E-state index contributed by atoms with van der Waals surface area (Å²) in [6, 6.07) is 14.9. The van der Waals surface area contributed by atoms with Gasteiger partial charge >= 0.3 is 0 Å². The average molecular weight is 555 g/mol. The van der Waals surface area contributed by atoms with Crippen molar-refractivity contribution in [2.24, 2.45) is 5.41 Å². The molecule has 2 N–H and O–H groups in total. The molecule has 0 spiro atoms. The highest BCUT2D eigenvalue weighted by atomic mass is 35.5. The summed E-state index contributed by atoms with van der Waals surface area (Å²) in [6.07, 6.45) is 3.53. The molecule has 1 atom stereocenters. The first kappa shape index (κ1) is 27.2. The molecule has 2 heterocycles. The van der Waals surface area contributed by atoms with E-state index in [9.17, 15) is 10.5 Å². The number of pyridine rings is 1. The van der Waals surface area contributed by atoms with Crippen molar-refractivity contribution in [2.45, 2.75) is 52.1 Å². The third kappa shape index (κ3) is 5.13. The lowest BCUT2D eigenvalue weighted by atomic mass is 9.96. The van der Waals surface area contributed by atoms with Gasteiger partial charge < -0.3 is 15.4 Å². The van der Waals surface area contributed by atoms with Crippen LogP contribution in [0, 0.1) is 28.1 Å². The molecule has 0 aliphatic heterocycles. The van der Waals surface area contributed by atoms with E-state index < -0.39 is 6.04 Å². The number of hydrogen-bond acceptors (Lipinski definition) is 8. The summed E-state index contributed by atoms with van der Waals surface area (Å²) in [4.78, 5) is 4.65. The van der Waals surface area contributed by atoms with E-state index in [0.717, 1.165) is 18.4 Å². The average Bonchev–Trinajstić information content (AvgIpc) is 3.52. The highest BCUT2D eigenvalue weighted by Gasteiger charge is 2.44. The number of anilines is 2. The molecule has 1 aliphatic carbocycles. The normalized spacial score (nSPS) is 14.7. The molecule has 1 saturated carbocycles. The van der Waals surface area contributed by atoms with Crippen LogP contribution in [-0.4, -0.2) is 33.6 Å². The minimum atomic E-state index is -0.569. The van der Waals surface area contributed by atoms with Crippen molar-refractivity contribution in [3.05, 3.63) is 70.0 Å². The number of halogens is 1. The van der Waals surface area contributed by atoms with Crippen molar-refractivity contribution in [2.75, 3.05) is 24.3 Å². The molecule has 0 saturated heterocycles. The number of methoxy groups -OCH3 is 1. The van der Waals surface area contributed by atoms with Gasteiger partial charge in [0.25, 0.3) is 0 Å². The van der Waals surface area contributed by atoms with E-state index in [-0.39, 0.29) is 11.0 Å². The number of aromatic nitrogens is 4. The molecule has 1 fully saturated rings. The van der Waals surface area contributed by atoms with E-state index in [1.165, 1.54) is 0 Å². The minimum absolute atomic E-state index is 0.0357. The second kappa shape index (κ2) is 10.3. The smallest absolute Gasteiger partial charge is 0.238 e. The van der Waals surface area contributed by atoms with Gasteiger partial charge in [-0.3, -0.25) is 4.98 Å². The number of hydrogen-bond donors (Lipinski definition) is 2. The Balaban J connectivity index is 1.70. The van der Waals surface area contributed by atoms with E-state index in [1.54, 1.807) is 25.4 Å². The second-order valence-corrected chi connectivity index (χ2v) is 12.0. The van der Waals surface area contributed by atoms with Crippen LogP contribution in [0.2, 0.25) is 5.02 Å². The Morgan fingerprint density at radius 3 is 2.55 bits per heavy atom. The quantitative estimate of drug-likeness (QED) is 0.256. The Kier molecular flexibility index (Phi) is 7.03. The predicted molar refractivity (Wildman–Crippen MR) is 155 cm³/mol. The Morgan fingerprint density at radius 1 is 1.18 bits per heavy atom. The minimum Gasteiger partial charge on any atom is -0.480 e. The van der Waals surface area contributed by atoms with Gasteiger partial charge in [0.05, 0.1) is 46.7 Å². The fourth-order valence-corrected chi connectivity index (χ4v) is 4.91. The lowest BCUT2D eigenvalue weighted by molar-refractivity contribution is 0.324. The summed E-state index contributed by atoms with van der Waals surface area (Å²) in [5.74, 6) is 0.547. The second-order valence-electron chi connectivity index (χ2n) is 11.6. The van der Waals surface area contributed by atoms with Gasteiger partial charge in [0, 0.05) is 23.2 Å². The van der Waals surface area contributed by atoms with Crippen LogP contribution in [0.15, 0.2) is 42.6 Å². The first-order chi connectivity index (χ1) is 19.1. The van der Waals surface area contributed by atoms with E-state index >= 15 is 0 Å². The lowest BCUT2D eigenvalue weighted by Gasteiger charge is -2.24. The summed E-state index contributed by atoms with van der Waals surface area (Å²) in [7, 11) is 1.61. The fraction of sp³-hybridized carbons (Fsp3) is 0.367. The van der Waals surface area contributed by atoms with E-state index in [0.29, 0.717) is 56.5 Å². The maximum Gasteiger partial charge on any atom is 0.238 e. The van der Waals surface area contributed by atoms with Crippen LogP contribution < -0.4 is 15.4 Å². The van der Waals surface area contributed by atoms with Crippen LogP contribution in [0.5, 0.6) is 5.88 Å². The highest BCUT2D eigenvalue weighted by Crippen LogP contribution is 2.47. The van der Waals surface area contributed by atoms with Crippen molar-refractivity contribution in [3.63, 3.8) is 0 Å². The maximum absolute atomic E-state index is 9.94. The molecular weight excluding hydrogens is 524 g/mol. The monoisotopic (exact) mass is 554 g/mol. The molecule has 9 nitrogen and oxygen atoms in total. The number of rotatable bonds is 8. The number of ether oxygens (including phenoxy) is 1.